The Kier molecular flexibility index (Phi) is 7.59. The standard InChI is InChI=1S/C24H26N4O3/c1-17-4-3-5-19(16-17)23(29)28-22(18-10-12-25-13-11-18)24(30)27-15-14-26-20-6-8-21(31-2)9-7-20/h3-13,16,22,26H,14-15H2,1-2H3,(H,27,30)(H,28,29)/t22-/m0/s1. The van der Waals surface area contributed by atoms with E-state index in [1.54, 1.807) is 43.8 Å². The van der Waals surface area contributed by atoms with Gasteiger partial charge in [-0.05, 0) is 61.0 Å². The Balaban J connectivity index is 1.60. The molecule has 0 aliphatic heterocycles. The molecule has 2 aromatic carbocycles. The van der Waals surface area contributed by atoms with Crippen molar-refractivity contribution in [1.82, 2.24) is 15.6 Å². The van der Waals surface area contributed by atoms with Gasteiger partial charge in [-0.1, -0.05) is 17.7 Å². The van der Waals surface area contributed by atoms with Crippen LogP contribution in [-0.4, -0.2) is 37.0 Å². The fraction of sp³-hybridized carbons (Fsp3) is 0.208. The Morgan fingerprint density at radius 1 is 1.00 bits per heavy atom. The summed E-state index contributed by atoms with van der Waals surface area (Å²) in [5.41, 5.74) is 3.07. The molecule has 31 heavy (non-hydrogen) atoms. The van der Waals surface area contributed by atoms with Crippen molar-refractivity contribution in [2.24, 2.45) is 0 Å². The van der Waals surface area contributed by atoms with Gasteiger partial charge in [0, 0.05) is 36.7 Å². The second-order valence-electron chi connectivity index (χ2n) is 7.00. The molecule has 3 N–H and O–H groups in total. The van der Waals surface area contributed by atoms with Gasteiger partial charge in [-0.2, -0.15) is 0 Å². The highest BCUT2D eigenvalue weighted by Gasteiger charge is 2.23. The van der Waals surface area contributed by atoms with E-state index in [0.717, 1.165) is 17.0 Å². The smallest absolute Gasteiger partial charge is 0.252 e. The minimum atomic E-state index is -0.822. The quantitative estimate of drug-likeness (QED) is 0.465. The van der Waals surface area contributed by atoms with Crippen molar-refractivity contribution in [1.29, 1.82) is 0 Å². The Bertz CT molecular complexity index is 1010. The molecule has 0 saturated carbocycles. The van der Waals surface area contributed by atoms with Gasteiger partial charge in [0.1, 0.15) is 11.8 Å². The van der Waals surface area contributed by atoms with Crippen LogP contribution in [0.3, 0.4) is 0 Å². The fourth-order valence-electron chi connectivity index (χ4n) is 3.06. The van der Waals surface area contributed by atoms with Crippen LogP contribution in [-0.2, 0) is 4.79 Å². The highest BCUT2D eigenvalue weighted by molar-refractivity contribution is 5.98. The molecule has 0 fully saturated rings. The molecular formula is C24H26N4O3. The summed E-state index contributed by atoms with van der Waals surface area (Å²) >= 11 is 0. The van der Waals surface area contributed by atoms with Gasteiger partial charge in [0.15, 0.2) is 0 Å². The third-order valence-corrected chi connectivity index (χ3v) is 4.70. The molecule has 0 radical (unpaired) electrons. The summed E-state index contributed by atoms with van der Waals surface area (Å²) in [6.45, 7) is 2.85. The molecule has 1 atom stereocenters. The van der Waals surface area contributed by atoms with Crippen LogP contribution in [0.5, 0.6) is 5.75 Å². The Hall–Kier alpha value is -3.87. The molecule has 7 nitrogen and oxygen atoms in total. The number of carbonyl (C=O) groups is 2. The summed E-state index contributed by atoms with van der Waals surface area (Å²) in [6, 6.07) is 17.4. The number of hydrogen-bond donors (Lipinski definition) is 3. The largest absolute Gasteiger partial charge is 0.497 e. The number of aromatic nitrogens is 1. The van der Waals surface area contributed by atoms with Crippen LogP contribution < -0.4 is 20.7 Å². The van der Waals surface area contributed by atoms with Gasteiger partial charge in [-0.25, -0.2) is 0 Å². The van der Waals surface area contributed by atoms with Crippen molar-refractivity contribution >= 4 is 17.5 Å². The number of aryl methyl sites for hydroxylation is 1. The lowest BCUT2D eigenvalue weighted by Crippen LogP contribution is -2.41. The zero-order valence-corrected chi connectivity index (χ0v) is 17.6. The van der Waals surface area contributed by atoms with Gasteiger partial charge in [-0.15, -0.1) is 0 Å². The SMILES string of the molecule is COc1ccc(NCCNC(=O)[C@@H](NC(=O)c2cccc(C)c2)c2ccncc2)cc1. The van der Waals surface area contributed by atoms with Crippen molar-refractivity contribution in [3.05, 3.63) is 89.7 Å². The Morgan fingerprint density at radius 2 is 1.74 bits per heavy atom. The topological polar surface area (TPSA) is 92.4 Å². The van der Waals surface area contributed by atoms with Crippen LogP contribution in [0.4, 0.5) is 5.69 Å². The van der Waals surface area contributed by atoms with Gasteiger partial charge in [-0.3, -0.25) is 14.6 Å². The molecule has 2 amide bonds. The van der Waals surface area contributed by atoms with Crippen LogP contribution >= 0.6 is 0 Å². The summed E-state index contributed by atoms with van der Waals surface area (Å²) in [4.78, 5) is 29.6. The lowest BCUT2D eigenvalue weighted by atomic mass is 10.1. The number of nitrogens with one attached hydrogen (secondary N) is 3. The van der Waals surface area contributed by atoms with Crippen molar-refractivity contribution in [2.45, 2.75) is 13.0 Å². The number of pyridine rings is 1. The fourth-order valence-corrected chi connectivity index (χ4v) is 3.06. The minimum Gasteiger partial charge on any atom is -0.497 e. The van der Waals surface area contributed by atoms with Crippen molar-refractivity contribution in [3.8, 4) is 5.75 Å². The number of hydrogen-bond acceptors (Lipinski definition) is 5. The number of ether oxygens (including phenoxy) is 1. The average Bonchev–Trinajstić information content (AvgIpc) is 2.81. The van der Waals surface area contributed by atoms with Crippen LogP contribution in [0.1, 0.15) is 27.5 Å². The molecule has 0 saturated heterocycles. The summed E-state index contributed by atoms with van der Waals surface area (Å²) in [6.07, 6.45) is 3.19. The highest BCUT2D eigenvalue weighted by Crippen LogP contribution is 2.15. The van der Waals surface area contributed by atoms with Gasteiger partial charge in [0.05, 0.1) is 7.11 Å². The maximum absolute atomic E-state index is 12.9. The van der Waals surface area contributed by atoms with Gasteiger partial charge >= 0.3 is 0 Å². The van der Waals surface area contributed by atoms with Gasteiger partial charge < -0.3 is 20.7 Å². The van der Waals surface area contributed by atoms with E-state index in [1.165, 1.54) is 0 Å². The number of rotatable bonds is 9. The molecule has 1 aromatic heterocycles. The molecule has 160 valence electrons. The monoisotopic (exact) mass is 418 g/mol. The normalized spacial score (nSPS) is 11.3. The van der Waals surface area contributed by atoms with E-state index in [1.807, 2.05) is 43.3 Å². The predicted octanol–water partition coefficient (Wildman–Crippen LogP) is 3.10. The van der Waals surface area contributed by atoms with E-state index >= 15 is 0 Å². The first-order chi connectivity index (χ1) is 15.1. The Morgan fingerprint density at radius 3 is 2.42 bits per heavy atom. The number of carbonyl (C=O) groups excluding carboxylic acids is 2. The van der Waals surface area contributed by atoms with Crippen LogP contribution in [0, 0.1) is 6.92 Å². The number of nitrogens with zero attached hydrogens (tertiary/aromatic N) is 1. The van der Waals surface area contributed by atoms with E-state index < -0.39 is 6.04 Å². The molecule has 0 unspecified atom stereocenters. The first-order valence-electron chi connectivity index (χ1n) is 10.00. The molecule has 7 heteroatoms. The zero-order chi connectivity index (χ0) is 22.1. The minimum absolute atomic E-state index is 0.288. The van der Waals surface area contributed by atoms with Crippen molar-refractivity contribution in [3.63, 3.8) is 0 Å². The third kappa shape index (κ3) is 6.30. The van der Waals surface area contributed by atoms with E-state index in [9.17, 15) is 9.59 Å². The van der Waals surface area contributed by atoms with E-state index in [2.05, 4.69) is 20.9 Å². The lowest BCUT2D eigenvalue weighted by Gasteiger charge is -2.19. The summed E-state index contributed by atoms with van der Waals surface area (Å²) in [5.74, 6) is 0.184. The molecule has 0 aliphatic carbocycles. The number of amides is 2. The lowest BCUT2D eigenvalue weighted by molar-refractivity contribution is -0.123. The predicted molar refractivity (Wildman–Crippen MR) is 120 cm³/mol. The average molecular weight is 418 g/mol. The van der Waals surface area contributed by atoms with Crippen LogP contribution in [0.15, 0.2) is 73.1 Å². The third-order valence-electron chi connectivity index (χ3n) is 4.70. The maximum atomic E-state index is 12.9. The first kappa shape index (κ1) is 21.8. The number of anilines is 1. The van der Waals surface area contributed by atoms with Gasteiger partial charge in [0.2, 0.25) is 5.91 Å². The van der Waals surface area contributed by atoms with E-state index in [-0.39, 0.29) is 11.8 Å². The van der Waals surface area contributed by atoms with E-state index in [0.29, 0.717) is 24.2 Å². The van der Waals surface area contributed by atoms with Crippen LogP contribution in [0.25, 0.3) is 0 Å². The second kappa shape index (κ2) is 10.8. The molecule has 0 spiro atoms. The molecule has 0 aliphatic rings. The Labute approximate surface area is 181 Å². The van der Waals surface area contributed by atoms with Crippen LogP contribution in [0.2, 0.25) is 0 Å². The van der Waals surface area contributed by atoms with Gasteiger partial charge in [0.25, 0.3) is 5.91 Å². The molecule has 3 rings (SSSR count). The highest BCUT2D eigenvalue weighted by atomic mass is 16.5. The number of methoxy groups -OCH3 is 1. The molecule has 3 aromatic rings. The molecular weight excluding hydrogens is 392 g/mol. The first-order valence-corrected chi connectivity index (χ1v) is 10.00. The zero-order valence-electron chi connectivity index (χ0n) is 17.6. The van der Waals surface area contributed by atoms with E-state index in [4.69, 9.17) is 4.74 Å². The van der Waals surface area contributed by atoms with Crippen molar-refractivity contribution in [2.75, 3.05) is 25.5 Å². The summed E-state index contributed by atoms with van der Waals surface area (Å²) in [7, 11) is 1.62. The summed E-state index contributed by atoms with van der Waals surface area (Å²) in [5, 5.41) is 8.95. The molecule has 0 bridgehead atoms. The van der Waals surface area contributed by atoms with Crippen molar-refractivity contribution < 1.29 is 14.3 Å². The summed E-state index contributed by atoms with van der Waals surface area (Å²) < 4.78 is 5.14. The molecule has 1 heterocycles. The number of benzene rings is 2. The second-order valence-corrected chi connectivity index (χ2v) is 7.00. The maximum Gasteiger partial charge on any atom is 0.252 e.